The fourth-order valence-electron chi connectivity index (χ4n) is 2.15. The summed E-state index contributed by atoms with van der Waals surface area (Å²) in [6.07, 6.45) is 2.22. The van der Waals surface area contributed by atoms with Gasteiger partial charge in [-0.25, -0.2) is 13.6 Å². The third-order valence-corrected chi connectivity index (χ3v) is 4.48. The van der Waals surface area contributed by atoms with E-state index in [1.54, 1.807) is 4.90 Å². The van der Waals surface area contributed by atoms with Gasteiger partial charge in [-0.05, 0) is 39.5 Å². The normalized spacial score (nSPS) is 15.7. The number of rotatable bonds is 5. The zero-order valence-corrected chi connectivity index (χ0v) is 12.7. The topological polar surface area (TPSA) is 109 Å². The van der Waals surface area contributed by atoms with Crippen molar-refractivity contribution >= 4 is 15.9 Å². The van der Waals surface area contributed by atoms with Gasteiger partial charge in [0.05, 0.1) is 5.69 Å². The monoisotopic (exact) mass is 300 g/mol. The number of amides is 1. The number of hydrogen-bond donors (Lipinski definition) is 2. The first-order valence-corrected chi connectivity index (χ1v) is 8.15. The van der Waals surface area contributed by atoms with Gasteiger partial charge in [-0.3, -0.25) is 9.89 Å². The van der Waals surface area contributed by atoms with Crippen LogP contribution in [0.3, 0.4) is 0 Å². The van der Waals surface area contributed by atoms with Gasteiger partial charge in [0, 0.05) is 12.6 Å². The minimum absolute atomic E-state index is 0.0200. The molecule has 8 heteroatoms. The molecule has 1 saturated carbocycles. The molecular formula is C12H20N4O3S. The number of aromatic nitrogens is 2. The number of carbonyl (C=O) groups excluding carboxylic acids is 1. The summed E-state index contributed by atoms with van der Waals surface area (Å²) >= 11 is 0. The molecule has 1 amide bonds. The molecule has 1 aromatic heterocycles. The lowest BCUT2D eigenvalue weighted by Gasteiger charge is -2.26. The number of primary sulfonamides is 1. The van der Waals surface area contributed by atoms with Crippen molar-refractivity contribution in [3.8, 4) is 0 Å². The highest BCUT2D eigenvalue weighted by Crippen LogP contribution is 2.31. The molecule has 0 unspecified atom stereocenters. The Kier molecular flexibility index (Phi) is 3.88. The first-order chi connectivity index (χ1) is 9.21. The quantitative estimate of drug-likeness (QED) is 0.831. The maximum absolute atomic E-state index is 12.6. The van der Waals surface area contributed by atoms with Crippen LogP contribution in [0.2, 0.25) is 0 Å². The lowest BCUT2D eigenvalue weighted by molar-refractivity contribution is 0.0686. The van der Waals surface area contributed by atoms with Crippen molar-refractivity contribution in [3.05, 3.63) is 11.4 Å². The fraction of sp³-hybridized carbons (Fsp3) is 0.667. The molecule has 112 valence electrons. The first-order valence-electron chi connectivity index (χ1n) is 6.60. The second-order valence-electron chi connectivity index (χ2n) is 5.57. The largest absolute Gasteiger partial charge is 0.335 e. The Balaban J connectivity index is 2.36. The fourth-order valence-corrected chi connectivity index (χ4v) is 3.03. The van der Waals surface area contributed by atoms with Crippen LogP contribution in [-0.2, 0) is 10.0 Å². The zero-order valence-electron chi connectivity index (χ0n) is 11.9. The van der Waals surface area contributed by atoms with E-state index >= 15 is 0 Å². The highest BCUT2D eigenvalue weighted by molar-refractivity contribution is 7.89. The van der Waals surface area contributed by atoms with Crippen molar-refractivity contribution in [2.45, 2.75) is 44.6 Å². The number of aryl methyl sites for hydroxylation is 1. The van der Waals surface area contributed by atoms with Crippen molar-refractivity contribution in [2.24, 2.45) is 11.1 Å². The van der Waals surface area contributed by atoms with Crippen LogP contribution in [0.15, 0.2) is 4.90 Å². The predicted octanol–water partition coefficient (Wildman–Crippen LogP) is 0.626. The average Bonchev–Trinajstić information content (AvgIpc) is 3.04. The zero-order chi connectivity index (χ0) is 15.1. The summed E-state index contributed by atoms with van der Waals surface area (Å²) in [4.78, 5) is 14.0. The minimum Gasteiger partial charge on any atom is -0.335 e. The van der Waals surface area contributed by atoms with Crippen molar-refractivity contribution in [1.82, 2.24) is 15.1 Å². The van der Waals surface area contributed by atoms with Crippen LogP contribution in [0.25, 0.3) is 0 Å². The molecule has 1 heterocycles. The Labute approximate surface area is 118 Å². The summed E-state index contributed by atoms with van der Waals surface area (Å²) in [5, 5.41) is 11.5. The molecule has 0 bridgehead atoms. The molecule has 3 N–H and O–H groups in total. The van der Waals surface area contributed by atoms with Gasteiger partial charge in [0.25, 0.3) is 5.91 Å². The molecule has 1 aromatic rings. The molecule has 0 saturated heterocycles. The number of aromatic amines is 1. The molecule has 1 aliphatic rings. The Morgan fingerprint density at radius 3 is 2.55 bits per heavy atom. The minimum atomic E-state index is -3.98. The van der Waals surface area contributed by atoms with E-state index < -0.39 is 10.0 Å². The summed E-state index contributed by atoms with van der Waals surface area (Å²) < 4.78 is 23.2. The predicted molar refractivity (Wildman–Crippen MR) is 73.6 cm³/mol. The number of carbonyl (C=O) groups is 1. The lowest BCUT2D eigenvalue weighted by atomic mass is 10.2. The first kappa shape index (κ1) is 15.0. The third-order valence-electron chi connectivity index (χ3n) is 3.41. The average molecular weight is 300 g/mol. The van der Waals surface area contributed by atoms with Gasteiger partial charge >= 0.3 is 0 Å². The van der Waals surface area contributed by atoms with Crippen molar-refractivity contribution < 1.29 is 13.2 Å². The molecule has 2 rings (SSSR count). The Morgan fingerprint density at radius 2 is 2.10 bits per heavy atom. The SMILES string of the molecule is Cc1[nH]nc(C(=O)N(CC2CC2)C(C)C)c1S(N)(=O)=O. The summed E-state index contributed by atoms with van der Waals surface area (Å²) in [6, 6.07) is -0.0200. The molecule has 0 atom stereocenters. The van der Waals surface area contributed by atoms with Gasteiger partial charge in [0.2, 0.25) is 10.0 Å². The molecule has 0 aliphatic heterocycles. The van der Waals surface area contributed by atoms with Crippen molar-refractivity contribution in [2.75, 3.05) is 6.54 Å². The highest BCUT2D eigenvalue weighted by Gasteiger charge is 2.33. The van der Waals surface area contributed by atoms with E-state index in [9.17, 15) is 13.2 Å². The number of hydrogen-bond acceptors (Lipinski definition) is 4. The van der Waals surface area contributed by atoms with Crippen LogP contribution in [0, 0.1) is 12.8 Å². The standard InChI is InChI=1S/C12H20N4O3S/c1-7(2)16(6-9-4-5-9)12(17)10-11(20(13,18)19)8(3)14-15-10/h7,9H,4-6H2,1-3H3,(H,14,15)(H2,13,18,19). The molecule has 1 fully saturated rings. The summed E-state index contributed by atoms with van der Waals surface area (Å²) in [7, 11) is -3.98. The van der Waals surface area contributed by atoms with Crippen LogP contribution in [-0.4, -0.2) is 42.0 Å². The van der Waals surface area contributed by atoms with E-state index in [0.29, 0.717) is 12.5 Å². The van der Waals surface area contributed by atoms with Crippen molar-refractivity contribution in [3.63, 3.8) is 0 Å². The van der Waals surface area contributed by atoms with E-state index in [1.165, 1.54) is 6.92 Å². The van der Waals surface area contributed by atoms with Crippen LogP contribution in [0.5, 0.6) is 0 Å². The number of nitrogens with one attached hydrogen (secondary N) is 1. The Morgan fingerprint density at radius 1 is 1.50 bits per heavy atom. The third kappa shape index (κ3) is 3.01. The van der Waals surface area contributed by atoms with E-state index in [4.69, 9.17) is 5.14 Å². The van der Waals surface area contributed by atoms with E-state index in [1.807, 2.05) is 13.8 Å². The van der Waals surface area contributed by atoms with E-state index in [2.05, 4.69) is 10.2 Å². The van der Waals surface area contributed by atoms with Crippen LogP contribution in [0.1, 0.15) is 42.9 Å². The molecular weight excluding hydrogens is 280 g/mol. The highest BCUT2D eigenvalue weighted by atomic mass is 32.2. The lowest BCUT2D eigenvalue weighted by Crippen LogP contribution is -2.39. The van der Waals surface area contributed by atoms with Crippen LogP contribution < -0.4 is 5.14 Å². The van der Waals surface area contributed by atoms with Gasteiger partial charge in [-0.1, -0.05) is 0 Å². The Bertz CT molecular complexity index is 617. The summed E-state index contributed by atoms with van der Waals surface area (Å²) in [6.45, 7) is 5.96. The number of nitrogens with zero attached hydrogens (tertiary/aromatic N) is 2. The van der Waals surface area contributed by atoms with Gasteiger partial charge in [-0.15, -0.1) is 0 Å². The summed E-state index contributed by atoms with van der Waals surface area (Å²) in [5.41, 5.74) is 0.172. The number of H-pyrrole nitrogens is 1. The second kappa shape index (κ2) is 5.17. The van der Waals surface area contributed by atoms with Crippen molar-refractivity contribution in [1.29, 1.82) is 0 Å². The Hall–Kier alpha value is -1.41. The number of nitrogens with two attached hydrogens (primary N) is 1. The maximum atomic E-state index is 12.6. The van der Waals surface area contributed by atoms with Gasteiger partial charge in [0.15, 0.2) is 5.69 Å². The van der Waals surface area contributed by atoms with Gasteiger partial charge in [0.1, 0.15) is 4.90 Å². The van der Waals surface area contributed by atoms with E-state index in [0.717, 1.165) is 12.8 Å². The smallest absolute Gasteiger partial charge is 0.276 e. The van der Waals surface area contributed by atoms with Gasteiger partial charge < -0.3 is 4.90 Å². The molecule has 0 radical (unpaired) electrons. The molecule has 7 nitrogen and oxygen atoms in total. The number of sulfonamides is 1. The molecule has 20 heavy (non-hydrogen) atoms. The molecule has 0 aromatic carbocycles. The molecule has 1 aliphatic carbocycles. The van der Waals surface area contributed by atoms with Gasteiger partial charge in [-0.2, -0.15) is 5.10 Å². The maximum Gasteiger partial charge on any atom is 0.276 e. The second-order valence-corrected chi connectivity index (χ2v) is 7.06. The van der Waals surface area contributed by atoms with E-state index in [-0.39, 0.29) is 28.2 Å². The van der Waals surface area contributed by atoms with Crippen LogP contribution >= 0.6 is 0 Å². The summed E-state index contributed by atoms with van der Waals surface area (Å²) in [5.74, 6) is 0.125. The molecule has 0 spiro atoms. The van der Waals surface area contributed by atoms with Crippen LogP contribution in [0.4, 0.5) is 0 Å².